The fraction of sp³-hybridized carbons (Fsp3) is 0.188. The van der Waals surface area contributed by atoms with Gasteiger partial charge in [-0.25, -0.2) is 4.39 Å². The number of hydrogen-bond acceptors (Lipinski definition) is 2. The third-order valence-electron chi connectivity index (χ3n) is 3.05. The first kappa shape index (κ1) is 19.5. The molecule has 2 aromatic rings. The van der Waals surface area contributed by atoms with Gasteiger partial charge < -0.3 is 10.1 Å². The number of nitrogens with one attached hydrogen (secondary N) is 1. The molecule has 134 valence electrons. The molecule has 1 N–H and O–H groups in total. The van der Waals surface area contributed by atoms with E-state index in [4.69, 9.17) is 16.3 Å². The van der Waals surface area contributed by atoms with Crippen LogP contribution in [0.15, 0.2) is 36.4 Å². The molecular formula is C16H11BrClF4NO2. The van der Waals surface area contributed by atoms with Crippen molar-refractivity contribution in [2.75, 3.05) is 5.32 Å². The highest BCUT2D eigenvalue weighted by molar-refractivity contribution is 9.10. The summed E-state index contributed by atoms with van der Waals surface area (Å²) in [7, 11) is 0. The first-order valence-electron chi connectivity index (χ1n) is 6.87. The Labute approximate surface area is 154 Å². The van der Waals surface area contributed by atoms with Crippen molar-refractivity contribution in [2.45, 2.75) is 17.9 Å². The molecule has 3 nitrogen and oxygen atoms in total. The average molecular weight is 441 g/mol. The summed E-state index contributed by atoms with van der Waals surface area (Å²) in [6, 6.07) is 6.05. The van der Waals surface area contributed by atoms with Gasteiger partial charge in [0.25, 0.3) is 0 Å². The molecule has 2 aromatic carbocycles. The summed E-state index contributed by atoms with van der Waals surface area (Å²) >= 11 is 8.87. The molecule has 0 aliphatic rings. The molecule has 0 fully saturated rings. The Morgan fingerprint density at radius 3 is 2.48 bits per heavy atom. The summed E-state index contributed by atoms with van der Waals surface area (Å²) < 4.78 is 57.5. The molecule has 0 radical (unpaired) electrons. The molecule has 0 saturated carbocycles. The van der Waals surface area contributed by atoms with Crippen molar-refractivity contribution in [3.63, 3.8) is 0 Å². The van der Waals surface area contributed by atoms with Gasteiger partial charge in [0.1, 0.15) is 17.3 Å². The van der Waals surface area contributed by atoms with Gasteiger partial charge in [-0.2, -0.15) is 13.2 Å². The van der Waals surface area contributed by atoms with Gasteiger partial charge in [-0.05, 0) is 37.3 Å². The van der Waals surface area contributed by atoms with Crippen LogP contribution in [0.1, 0.15) is 12.5 Å². The first-order valence-corrected chi connectivity index (χ1v) is 8.16. The van der Waals surface area contributed by atoms with Gasteiger partial charge in [-0.15, -0.1) is 0 Å². The maximum absolute atomic E-state index is 14.0. The maximum Gasteiger partial charge on any atom is 0.416 e. The lowest BCUT2D eigenvalue weighted by Crippen LogP contribution is -2.20. The molecule has 9 heteroatoms. The van der Waals surface area contributed by atoms with Gasteiger partial charge in [-0.3, -0.25) is 4.79 Å². The fourth-order valence-corrected chi connectivity index (χ4v) is 2.05. The lowest BCUT2D eigenvalue weighted by Gasteiger charge is -2.13. The summed E-state index contributed by atoms with van der Waals surface area (Å²) in [5.74, 6) is -1.58. The minimum absolute atomic E-state index is 0.0566. The van der Waals surface area contributed by atoms with Crippen LogP contribution in [0, 0.1) is 5.82 Å². The Kier molecular flexibility index (Phi) is 5.95. The second-order valence-corrected chi connectivity index (χ2v) is 6.77. The number of anilines is 1. The van der Waals surface area contributed by atoms with E-state index in [1.54, 1.807) is 6.92 Å². The zero-order chi connectivity index (χ0) is 18.8. The van der Waals surface area contributed by atoms with Crippen LogP contribution in [-0.4, -0.2) is 10.7 Å². The van der Waals surface area contributed by atoms with Gasteiger partial charge in [0.15, 0.2) is 0 Å². The zero-order valence-corrected chi connectivity index (χ0v) is 15.0. The average Bonchev–Trinajstić information content (AvgIpc) is 2.50. The van der Waals surface area contributed by atoms with Gasteiger partial charge in [-0.1, -0.05) is 27.5 Å². The zero-order valence-electron chi connectivity index (χ0n) is 12.6. The molecule has 0 aromatic heterocycles. The number of halogens is 6. The highest BCUT2D eigenvalue weighted by atomic mass is 79.9. The van der Waals surface area contributed by atoms with Crippen molar-refractivity contribution in [3.05, 3.63) is 52.8 Å². The number of carbonyl (C=O) groups excluding carboxylic acids is 1. The van der Waals surface area contributed by atoms with E-state index in [2.05, 4.69) is 21.2 Å². The lowest BCUT2D eigenvalue weighted by atomic mass is 10.2. The summed E-state index contributed by atoms with van der Waals surface area (Å²) in [5.41, 5.74) is -1.03. The van der Waals surface area contributed by atoms with Crippen molar-refractivity contribution < 1.29 is 27.1 Å². The van der Waals surface area contributed by atoms with Gasteiger partial charge in [0, 0.05) is 6.07 Å². The molecule has 0 spiro atoms. The summed E-state index contributed by atoms with van der Waals surface area (Å²) in [5, 5.41) is 2.29. The summed E-state index contributed by atoms with van der Waals surface area (Å²) in [4.78, 5) is 11.0. The topological polar surface area (TPSA) is 38.3 Å². The Morgan fingerprint density at radius 1 is 1.24 bits per heavy atom. The van der Waals surface area contributed by atoms with Gasteiger partial charge >= 0.3 is 6.18 Å². The second-order valence-electron chi connectivity index (χ2n) is 4.99. The first-order chi connectivity index (χ1) is 11.6. The Morgan fingerprint density at radius 2 is 1.92 bits per heavy atom. The number of rotatable bonds is 4. The summed E-state index contributed by atoms with van der Waals surface area (Å²) in [6.45, 7) is 1.57. The van der Waals surface area contributed by atoms with E-state index in [9.17, 15) is 22.4 Å². The van der Waals surface area contributed by atoms with E-state index >= 15 is 0 Å². The smallest absolute Gasteiger partial charge is 0.416 e. The molecule has 0 bridgehead atoms. The van der Waals surface area contributed by atoms with E-state index < -0.39 is 28.3 Å². The predicted octanol–water partition coefficient (Wildman–Crippen LogP) is 6.01. The molecule has 0 heterocycles. The van der Waals surface area contributed by atoms with Crippen molar-refractivity contribution in [1.82, 2.24) is 0 Å². The highest BCUT2D eigenvalue weighted by Crippen LogP contribution is 2.37. The quantitative estimate of drug-likeness (QED) is 0.467. The van der Waals surface area contributed by atoms with Crippen LogP contribution in [0.25, 0.3) is 0 Å². The number of hydrogen-bond donors (Lipinski definition) is 1. The maximum atomic E-state index is 14.0. The molecular weight excluding hydrogens is 430 g/mol. The number of alkyl halides is 4. The molecule has 1 atom stereocenters. The standard InChI is InChI=1S/C16H11BrClF4NO2/c1-8(17)15(24)23-13-5-3-10(7-12(13)19)25-14-6-9(16(20,21)22)2-4-11(14)18/h2-8H,1H3,(H,23,24)/t8-/m1/s1. The Hall–Kier alpha value is -1.80. The van der Waals surface area contributed by atoms with E-state index in [0.29, 0.717) is 0 Å². The number of benzene rings is 2. The monoisotopic (exact) mass is 439 g/mol. The fourth-order valence-electron chi connectivity index (χ4n) is 1.78. The van der Waals surface area contributed by atoms with Crippen molar-refractivity contribution in [1.29, 1.82) is 0 Å². The van der Waals surface area contributed by atoms with E-state index in [1.165, 1.54) is 12.1 Å². The van der Waals surface area contributed by atoms with Crippen LogP contribution in [0.3, 0.4) is 0 Å². The predicted molar refractivity (Wildman–Crippen MR) is 89.9 cm³/mol. The minimum Gasteiger partial charge on any atom is -0.456 e. The molecule has 0 aliphatic heterocycles. The van der Waals surface area contributed by atoms with Gasteiger partial charge in [0.2, 0.25) is 5.91 Å². The number of ether oxygens (including phenoxy) is 1. The van der Waals surface area contributed by atoms with Crippen LogP contribution >= 0.6 is 27.5 Å². The normalized spacial score (nSPS) is 12.6. The molecule has 2 rings (SSSR count). The Balaban J connectivity index is 2.24. The van der Waals surface area contributed by atoms with Crippen LogP contribution in [-0.2, 0) is 11.0 Å². The van der Waals surface area contributed by atoms with Crippen molar-refractivity contribution >= 4 is 39.1 Å². The third-order valence-corrected chi connectivity index (χ3v) is 3.77. The summed E-state index contributed by atoms with van der Waals surface area (Å²) in [6.07, 6.45) is -4.56. The molecule has 25 heavy (non-hydrogen) atoms. The van der Waals surface area contributed by atoms with Crippen molar-refractivity contribution in [3.8, 4) is 11.5 Å². The van der Waals surface area contributed by atoms with Crippen LogP contribution in [0.5, 0.6) is 11.5 Å². The largest absolute Gasteiger partial charge is 0.456 e. The lowest BCUT2D eigenvalue weighted by molar-refractivity contribution is -0.137. The number of amides is 1. The molecule has 0 saturated heterocycles. The highest BCUT2D eigenvalue weighted by Gasteiger charge is 2.31. The van der Waals surface area contributed by atoms with Crippen molar-refractivity contribution in [2.24, 2.45) is 0 Å². The Bertz CT molecular complexity index is 796. The van der Waals surface area contributed by atoms with Crippen LogP contribution in [0.2, 0.25) is 5.02 Å². The van der Waals surface area contributed by atoms with Gasteiger partial charge in [0.05, 0.1) is 21.1 Å². The SMILES string of the molecule is C[C@@H](Br)C(=O)Nc1ccc(Oc2cc(C(F)(F)F)ccc2Cl)cc1F. The molecule has 0 unspecified atom stereocenters. The van der Waals surface area contributed by atoms with Crippen LogP contribution in [0.4, 0.5) is 23.2 Å². The number of carbonyl (C=O) groups is 1. The van der Waals surface area contributed by atoms with Crippen LogP contribution < -0.4 is 10.1 Å². The third kappa shape index (κ3) is 5.09. The molecule has 0 aliphatic carbocycles. The van der Waals surface area contributed by atoms with E-state index in [0.717, 1.165) is 24.3 Å². The second kappa shape index (κ2) is 7.61. The van der Waals surface area contributed by atoms with E-state index in [1.807, 2.05) is 0 Å². The molecule has 1 amide bonds. The van der Waals surface area contributed by atoms with E-state index in [-0.39, 0.29) is 22.2 Å². The minimum atomic E-state index is -4.56.